The van der Waals surface area contributed by atoms with Gasteiger partial charge in [0.05, 0.1) is 11.5 Å². The summed E-state index contributed by atoms with van der Waals surface area (Å²) in [6.45, 7) is 0. The number of carbonyl (C=O) groups excluding carboxylic acids is 1. The summed E-state index contributed by atoms with van der Waals surface area (Å²) in [7, 11) is 0. The van der Waals surface area contributed by atoms with Gasteiger partial charge in [-0.2, -0.15) is 8.78 Å². The van der Waals surface area contributed by atoms with Crippen molar-refractivity contribution >= 4 is 40.2 Å². The number of H-pyrrole nitrogens is 1. The van der Waals surface area contributed by atoms with E-state index >= 15 is 0 Å². The first-order valence-corrected chi connectivity index (χ1v) is 4.90. The van der Waals surface area contributed by atoms with Crippen LogP contribution in [0.4, 0.5) is 8.78 Å². The molecule has 0 amide bonds. The fourth-order valence-corrected chi connectivity index (χ4v) is 1.96. The van der Waals surface area contributed by atoms with Crippen LogP contribution in [0.1, 0.15) is 16.1 Å². The molecule has 0 fully saturated rings. The Hall–Kier alpha value is -0.700. The smallest absolute Gasteiger partial charge is 0.363 e. The maximum absolute atomic E-state index is 12.7. The van der Waals surface area contributed by atoms with Gasteiger partial charge >= 0.3 is 5.38 Å². The van der Waals surface area contributed by atoms with Crippen LogP contribution in [0.15, 0.2) is 10.9 Å². The molecule has 0 unspecified atom stereocenters. The average Bonchev–Trinajstić information content (AvgIpc) is 2.06. The van der Waals surface area contributed by atoms with Crippen molar-refractivity contribution in [3.8, 4) is 0 Å². The Morgan fingerprint density at radius 3 is 2.53 bits per heavy atom. The lowest BCUT2D eigenvalue weighted by Gasteiger charge is -2.11. The Labute approximate surface area is 100 Å². The largest absolute Gasteiger partial charge is 0.545 e. The summed E-state index contributed by atoms with van der Waals surface area (Å²) in [5, 5.41) is 6.63. The fraction of sp³-hybridized carbons (Fsp3) is 0.143. The summed E-state index contributed by atoms with van der Waals surface area (Å²) in [5.41, 5.74) is -2.73. The highest BCUT2D eigenvalue weighted by atomic mass is 127. The molecule has 0 aliphatic heterocycles. The minimum absolute atomic E-state index is 0.161. The molecular formula is C7H2ClF2INO3-. The minimum Gasteiger partial charge on any atom is -0.545 e. The number of aromatic carboxylic acids is 1. The highest BCUT2D eigenvalue weighted by Crippen LogP contribution is 2.33. The van der Waals surface area contributed by atoms with Crippen LogP contribution in [0.5, 0.6) is 0 Å². The second-order valence-electron chi connectivity index (χ2n) is 2.52. The number of nitrogens with one attached hydrogen (secondary N) is 1. The Morgan fingerprint density at radius 1 is 1.60 bits per heavy atom. The van der Waals surface area contributed by atoms with Crippen molar-refractivity contribution in [3.05, 3.63) is 31.2 Å². The number of halogens is 4. The molecule has 82 valence electrons. The zero-order valence-electron chi connectivity index (χ0n) is 6.81. The van der Waals surface area contributed by atoms with E-state index in [9.17, 15) is 23.5 Å². The first-order valence-electron chi connectivity index (χ1n) is 3.45. The van der Waals surface area contributed by atoms with Crippen molar-refractivity contribution in [1.82, 2.24) is 4.98 Å². The van der Waals surface area contributed by atoms with Crippen LogP contribution < -0.4 is 10.7 Å². The van der Waals surface area contributed by atoms with Gasteiger partial charge in [0.15, 0.2) is 0 Å². The van der Waals surface area contributed by atoms with Gasteiger partial charge in [-0.1, -0.05) is 0 Å². The molecule has 15 heavy (non-hydrogen) atoms. The predicted molar refractivity (Wildman–Crippen MR) is 53.9 cm³/mol. The lowest BCUT2D eigenvalue weighted by atomic mass is 10.2. The SMILES string of the molecule is O=C([O-])c1cc(I)c(C(F)(F)Cl)[nH]c1=O. The number of aromatic nitrogens is 1. The van der Waals surface area contributed by atoms with Crippen molar-refractivity contribution in [2.24, 2.45) is 0 Å². The zero-order valence-corrected chi connectivity index (χ0v) is 9.73. The molecule has 0 saturated carbocycles. The number of pyridine rings is 1. The minimum atomic E-state index is -3.75. The number of carboxylic acid groups (broad SMARTS) is 1. The van der Waals surface area contributed by atoms with E-state index in [0.717, 1.165) is 6.07 Å². The van der Waals surface area contributed by atoms with E-state index in [2.05, 4.69) is 0 Å². The number of aromatic amines is 1. The third-order valence-electron chi connectivity index (χ3n) is 1.50. The third kappa shape index (κ3) is 2.65. The maximum atomic E-state index is 12.7. The van der Waals surface area contributed by atoms with Gasteiger partial charge in [-0.15, -0.1) is 0 Å². The van der Waals surface area contributed by atoms with Crippen molar-refractivity contribution < 1.29 is 18.7 Å². The quantitative estimate of drug-likeness (QED) is 0.629. The Kier molecular flexibility index (Phi) is 3.34. The first kappa shape index (κ1) is 12.4. The van der Waals surface area contributed by atoms with Crippen molar-refractivity contribution in [1.29, 1.82) is 0 Å². The van der Waals surface area contributed by atoms with Crippen LogP contribution in [0.3, 0.4) is 0 Å². The van der Waals surface area contributed by atoms with Gasteiger partial charge in [0.2, 0.25) is 0 Å². The molecule has 8 heteroatoms. The zero-order chi connectivity index (χ0) is 11.8. The molecule has 0 spiro atoms. The van der Waals surface area contributed by atoms with Gasteiger partial charge < -0.3 is 14.9 Å². The summed E-state index contributed by atoms with van der Waals surface area (Å²) >= 11 is 6.13. The second-order valence-corrected chi connectivity index (χ2v) is 4.16. The fourth-order valence-electron chi connectivity index (χ4n) is 0.863. The molecule has 0 aliphatic carbocycles. The molecule has 0 saturated heterocycles. The number of rotatable bonds is 2. The standard InChI is InChI=1S/C7H3ClF2INO3/c8-7(9,10)4-3(11)1-2(6(14)15)5(13)12-4/h1H,(H,12,13)(H,14,15)/p-1. The molecule has 4 nitrogen and oxygen atoms in total. The van der Waals surface area contributed by atoms with E-state index < -0.39 is 28.2 Å². The lowest BCUT2D eigenvalue weighted by Crippen LogP contribution is -2.31. The molecule has 1 aromatic heterocycles. The van der Waals surface area contributed by atoms with Crippen LogP contribution in [0.2, 0.25) is 0 Å². The molecule has 0 radical (unpaired) electrons. The Morgan fingerprint density at radius 2 is 2.13 bits per heavy atom. The number of carbonyl (C=O) groups is 1. The molecule has 0 atom stereocenters. The van der Waals surface area contributed by atoms with Crippen molar-refractivity contribution in [3.63, 3.8) is 0 Å². The van der Waals surface area contributed by atoms with E-state index in [1.165, 1.54) is 22.6 Å². The van der Waals surface area contributed by atoms with Gasteiger partial charge in [0.1, 0.15) is 5.69 Å². The van der Waals surface area contributed by atoms with Crippen molar-refractivity contribution in [2.75, 3.05) is 0 Å². The van der Waals surface area contributed by atoms with Crippen LogP contribution in [0.25, 0.3) is 0 Å². The van der Waals surface area contributed by atoms with Gasteiger partial charge in [0, 0.05) is 3.57 Å². The molecule has 0 aromatic carbocycles. The molecule has 1 heterocycles. The molecule has 1 aromatic rings. The summed E-state index contributed by atoms with van der Waals surface area (Å²) in [4.78, 5) is 23.1. The van der Waals surface area contributed by atoms with E-state index in [-0.39, 0.29) is 3.57 Å². The third-order valence-corrected chi connectivity index (χ3v) is 2.54. The van der Waals surface area contributed by atoms with Crippen LogP contribution in [-0.2, 0) is 5.38 Å². The Bertz CT molecular complexity index is 468. The predicted octanol–water partition coefficient (Wildman–Crippen LogP) is 0.631. The summed E-state index contributed by atoms with van der Waals surface area (Å²) < 4.78 is 25.2. The molecule has 0 bridgehead atoms. The second kappa shape index (κ2) is 4.05. The number of alkyl halides is 3. The summed E-state index contributed by atoms with van der Waals surface area (Å²) in [6, 6.07) is 0.778. The highest BCUT2D eigenvalue weighted by molar-refractivity contribution is 14.1. The van der Waals surface area contributed by atoms with Gasteiger partial charge in [-0.3, -0.25) is 4.79 Å². The molecule has 0 aliphatic rings. The van der Waals surface area contributed by atoms with Crippen molar-refractivity contribution in [2.45, 2.75) is 5.38 Å². The first-order chi connectivity index (χ1) is 6.73. The number of hydrogen-bond donors (Lipinski definition) is 1. The topological polar surface area (TPSA) is 73.0 Å². The average molecular weight is 348 g/mol. The van der Waals surface area contributed by atoms with Crippen LogP contribution in [0, 0.1) is 3.57 Å². The summed E-state index contributed by atoms with van der Waals surface area (Å²) in [5.74, 6) is -1.74. The molecular weight excluding hydrogens is 346 g/mol. The molecule has 1 rings (SSSR count). The van der Waals surface area contributed by atoms with Gasteiger partial charge in [0.25, 0.3) is 5.56 Å². The molecule has 1 N–H and O–H groups in total. The number of hydrogen-bond acceptors (Lipinski definition) is 3. The van der Waals surface area contributed by atoms with E-state index in [1.807, 2.05) is 0 Å². The summed E-state index contributed by atoms with van der Waals surface area (Å²) in [6.07, 6.45) is 0. The highest BCUT2D eigenvalue weighted by Gasteiger charge is 2.32. The number of carboxylic acids is 1. The van der Waals surface area contributed by atoms with Crippen LogP contribution >= 0.6 is 34.2 Å². The van der Waals surface area contributed by atoms with E-state index in [0.29, 0.717) is 0 Å². The normalized spacial score (nSPS) is 11.5. The van der Waals surface area contributed by atoms with E-state index in [4.69, 9.17) is 11.6 Å². The monoisotopic (exact) mass is 348 g/mol. The van der Waals surface area contributed by atoms with Crippen LogP contribution in [-0.4, -0.2) is 11.0 Å². The lowest BCUT2D eigenvalue weighted by molar-refractivity contribution is -0.255. The maximum Gasteiger partial charge on any atom is 0.363 e. The van der Waals surface area contributed by atoms with Gasteiger partial charge in [-0.05, 0) is 40.3 Å². The van der Waals surface area contributed by atoms with E-state index in [1.54, 1.807) is 4.98 Å². The van der Waals surface area contributed by atoms with Gasteiger partial charge in [-0.25, -0.2) is 0 Å². The Balaban J connectivity index is 3.46.